The van der Waals surface area contributed by atoms with Gasteiger partial charge in [0.25, 0.3) is 0 Å². The van der Waals surface area contributed by atoms with E-state index in [4.69, 9.17) is 5.26 Å². The van der Waals surface area contributed by atoms with Crippen LogP contribution in [0.5, 0.6) is 0 Å². The molecule has 1 aromatic carbocycles. The molecule has 0 N–H and O–H groups in total. The van der Waals surface area contributed by atoms with Gasteiger partial charge in [-0.1, -0.05) is 36.4 Å². The highest BCUT2D eigenvalue weighted by molar-refractivity contribution is 5.42. The van der Waals surface area contributed by atoms with Crippen molar-refractivity contribution >= 4 is 5.82 Å². The van der Waals surface area contributed by atoms with Crippen molar-refractivity contribution in [2.45, 2.75) is 25.3 Å². The third-order valence-electron chi connectivity index (χ3n) is 4.90. The maximum atomic E-state index is 9.09. The summed E-state index contributed by atoms with van der Waals surface area (Å²) in [5.74, 6) is 2.39. The maximum absolute atomic E-state index is 9.09. The number of nitrogens with zero attached hydrogens (tertiary/aromatic N) is 5. The molecule has 3 heterocycles. The Balaban J connectivity index is 1.53. The highest BCUT2D eigenvalue weighted by atomic mass is 15.2. The Bertz CT molecular complexity index is 909. The molecule has 2 aromatic heterocycles. The predicted molar refractivity (Wildman–Crippen MR) is 101 cm³/mol. The van der Waals surface area contributed by atoms with Crippen LogP contribution in [-0.2, 0) is 6.54 Å². The average molecular weight is 343 g/mol. The highest BCUT2D eigenvalue weighted by Crippen LogP contribution is 2.28. The van der Waals surface area contributed by atoms with E-state index in [1.165, 1.54) is 5.56 Å². The van der Waals surface area contributed by atoms with E-state index in [9.17, 15) is 0 Å². The lowest BCUT2D eigenvalue weighted by Gasteiger charge is -2.33. The van der Waals surface area contributed by atoms with E-state index in [1.807, 2.05) is 24.4 Å². The molecule has 1 aliphatic rings. The van der Waals surface area contributed by atoms with Gasteiger partial charge in [-0.3, -0.25) is 0 Å². The van der Waals surface area contributed by atoms with Crippen LogP contribution in [0.3, 0.4) is 0 Å². The van der Waals surface area contributed by atoms with Gasteiger partial charge in [-0.05, 0) is 30.5 Å². The molecule has 0 aliphatic carbocycles. The van der Waals surface area contributed by atoms with Crippen LogP contribution >= 0.6 is 0 Å². The molecular weight excluding hydrogens is 322 g/mol. The van der Waals surface area contributed by atoms with Crippen molar-refractivity contribution in [3.63, 3.8) is 0 Å². The zero-order valence-electron chi connectivity index (χ0n) is 14.6. The van der Waals surface area contributed by atoms with Crippen molar-refractivity contribution in [1.29, 1.82) is 5.26 Å². The lowest BCUT2D eigenvalue weighted by atomic mass is 9.97. The largest absolute Gasteiger partial charge is 0.356 e. The van der Waals surface area contributed by atoms with Crippen LogP contribution in [0.1, 0.15) is 35.8 Å². The van der Waals surface area contributed by atoms with Crippen molar-refractivity contribution in [3.05, 3.63) is 78.0 Å². The van der Waals surface area contributed by atoms with Crippen LogP contribution in [0.4, 0.5) is 5.82 Å². The molecule has 0 bridgehead atoms. The number of imidazole rings is 1. The molecule has 5 nitrogen and oxygen atoms in total. The second-order valence-corrected chi connectivity index (χ2v) is 6.68. The standard InChI is InChI=1S/C21H21N5/c22-14-19-9-4-10-20(24-19)25-12-5-8-18(16-25)21-23-11-13-26(21)15-17-6-2-1-3-7-17/h1-4,6-7,9-11,13,18H,5,8,12,15-16H2/t18-/m1/s1. The molecule has 0 spiro atoms. The number of rotatable bonds is 4. The second kappa shape index (κ2) is 7.40. The average Bonchev–Trinajstić information content (AvgIpc) is 3.17. The smallest absolute Gasteiger partial charge is 0.142 e. The number of piperidine rings is 1. The van der Waals surface area contributed by atoms with Crippen LogP contribution in [0.15, 0.2) is 60.9 Å². The van der Waals surface area contributed by atoms with Gasteiger partial charge in [-0.25, -0.2) is 9.97 Å². The molecule has 1 fully saturated rings. The molecule has 26 heavy (non-hydrogen) atoms. The minimum atomic E-state index is 0.370. The topological polar surface area (TPSA) is 57.7 Å². The first-order valence-corrected chi connectivity index (χ1v) is 9.00. The van der Waals surface area contributed by atoms with Gasteiger partial charge in [-0.2, -0.15) is 5.26 Å². The number of pyridine rings is 1. The molecule has 0 saturated carbocycles. The fraction of sp³-hybridized carbons (Fsp3) is 0.286. The summed E-state index contributed by atoms with van der Waals surface area (Å²) >= 11 is 0. The summed E-state index contributed by atoms with van der Waals surface area (Å²) in [4.78, 5) is 11.4. The summed E-state index contributed by atoms with van der Waals surface area (Å²) in [5, 5.41) is 9.09. The van der Waals surface area contributed by atoms with E-state index in [-0.39, 0.29) is 0 Å². The van der Waals surface area contributed by atoms with Crippen LogP contribution in [0, 0.1) is 11.3 Å². The Morgan fingerprint density at radius 2 is 2.00 bits per heavy atom. The Morgan fingerprint density at radius 3 is 2.85 bits per heavy atom. The van der Waals surface area contributed by atoms with E-state index >= 15 is 0 Å². The third-order valence-corrected chi connectivity index (χ3v) is 4.90. The summed E-state index contributed by atoms with van der Waals surface area (Å²) < 4.78 is 2.25. The van der Waals surface area contributed by atoms with Gasteiger partial charge in [-0.15, -0.1) is 0 Å². The second-order valence-electron chi connectivity index (χ2n) is 6.68. The van der Waals surface area contributed by atoms with Gasteiger partial charge in [0.2, 0.25) is 0 Å². The van der Waals surface area contributed by atoms with Gasteiger partial charge in [0, 0.05) is 37.9 Å². The molecule has 5 heteroatoms. The molecule has 1 atom stereocenters. The molecular formula is C21H21N5. The Kier molecular flexibility index (Phi) is 4.65. The first-order valence-electron chi connectivity index (χ1n) is 9.00. The third kappa shape index (κ3) is 3.45. The first kappa shape index (κ1) is 16.3. The van der Waals surface area contributed by atoms with Gasteiger partial charge < -0.3 is 9.47 Å². The van der Waals surface area contributed by atoms with E-state index < -0.39 is 0 Å². The van der Waals surface area contributed by atoms with E-state index in [2.05, 4.69) is 56.0 Å². The van der Waals surface area contributed by atoms with Crippen molar-refractivity contribution in [3.8, 4) is 6.07 Å². The molecule has 0 amide bonds. The maximum Gasteiger partial charge on any atom is 0.142 e. The quantitative estimate of drug-likeness (QED) is 0.726. The molecule has 0 unspecified atom stereocenters. The van der Waals surface area contributed by atoms with E-state index in [0.29, 0.717) is 11.6 Å². The van der Waals surface area contributed by atoms with Crippen molar-refractivity contribution in [2.24, 2.45) is 0 Å². The number of anilines is 1. The summed E-state index contributed by atoms with van der Waals surface area (Å²) in [6, 6.07) is 18.2. The highest BCUT2D eigenvalue weighted by Gasteiger charge is 2.25. The van der Waals surface area contributed by atoms with E-state index in [1.54, 1.807) is 6.07 Å². The molecule has 4 rings (SSSR count). The SMILES string of the molecule is N#Cc1cccc(N2CCC[C@@H](c3nccn3Cc3ccccc3)C2)n1. The van der Waals surface area contributed by atoms with Crippen molar-refractivity contribution in [2.75, 3.05) is 18.0 Å². The Labute approximate surface area is 153 Å². The first-order chi connectivity index (χ1) is 12.8. The number of benzene rings is 1. The summed E-state index contributed by atoms with van der Waals surface area (Å²) in [7, 11) is 0. The lowest BCUT2D eigenvalue weighted by molar-refractivity contribution is 0.474. The number of hydrogen-bond acceptors (Lipinski definition) is 4. The van der Waals surface area contributed by atoms with Crippen molar-refractivity contribution in [1.82, 2.24) is 14.5 Å². The van der Waals surface area contributed by atoms with Gasteiger partial charge in [0.05, 0.1) is 0 Å². The normalized spacial score (nSPS) is 17.0. The molecule has 1 saturated heterocycles. The number of nitriles is 1. The van der Waals surface area contributed by atoms with E-state index in [0.717, 1.165) is 44.1 Å². The fourth-order valence-corrected chi connectivity index (χ4v) is 3.65. The monoisotopic (exact) mass is 343 g/mol. The van der Waals surface area contributed by atoms with Crippen LogP contribution < -0.4 is 4.90 Å². The van der Waals surface area contributed by atoms with Gasteiger partial charge in [0.15, 0.2) is 0 Å². The summed E-state index contributed by atoms with van der Waals surface area (Å²) in [6.45, 7) is 2.69. The lowest BCUT2D eigenvalue weighted by Crippen LogP contribution is -2.36. The summed E-state index contributed by atoms with van der Waals surface area (Å²) in [5.41, 5.74) is 1.75. The fourth-order valence-electron chi connectivity index (χ4n) is 3.65. The zero-order valence-corrected chi connectivity index (χ0v) is 14.6. The number of hydrogen-bond donors (Lipinski definition) is 0. The van der Waals surface area contributed by atoms with Crippen LogP contribution in [0.25, 0.3) is 0 Å². The van der Waals surface area contributed by atoms with Gasteiger partial charge in [0.1, 0.15) is 23.4 Å². The molecule has 130 valence electrons. The summed E-state index contributed by atoms with van der Waals surface area (Å²) in [6.07, 6.45) is 6.18. The minimum absolute atomic E-state index is 0.370. The van der Waals surface area contributed by atoms with Crippen molar-refractivity contribution < 1.29 is 0 Å². The van der Waals surface area contributed by atoms with Crippen LogP contribution in [0.2, 0.25) is 0 Å². The van der Waals surface area contributed by atoms with Gasteiger partial charge >= 0.3 is 0 Å². The molecule has 3 aromatic rings. The Morgan fingerprint density at radius 1 is 1.12 bits per heavy atom. The van der Waals surface area contributed by atoms with Crippen LogP contribution in [-0.4, -0.2) is 27.6 Å². The minimum Gasteiger partial charge on any atom is -0.356 e. The zero-order chi connectivity index (χ0) is 17.8. The predicted octanol–water partition coefficient (Wildman–Crippen LogP) is 3.58. The molecule has 1 aliphatic heterocycles. The number of aromatic nitrogens is 3. The molecule has 0 radical (unpaired) electrons. The Hall–Kier alpha value is -3.13.